The van der Waals surface area contributed by atoms with Crippen molar-refractivity contribution in [3.8, 4) is 0 Å². The van der Waals surface area contributed by atoms with Crippen molar-refractivity contribution in [2.24, 2.45) is 5.73 Å². The van der Waals surface area contributed by atoms with E-state index in [4.69, 9.17) is 5.73 Å². The predicted octanol–water partition coefficient (Wildman–Crippen LogP) is 2.93. The third-order valence-corrected chi connectivity index (χ3v) is 4.76. The Labute approximate surface area is 117 Å². The first kappa shape index (κ1) is 11.9. The second-order valence-corrected chi connectivity index (χ2v) is 6.65. The molecule has 1 aliphatic heterocycles. The Morgan fingerprint density at radius 1 is 1.17 bits per heavy atom. The number of carbonyl (C=O) groups is 1. The minimum absolute atomic E-state index is 0.0178. The third-order valence-electron chi connectivity index (χ3n) is 3.06. The van der Waals surface area contributed by atoms with Gasteiger partial charge in [0.2, 0.25) is 5.91 Å². The molecule has 0 unspecified atom stereocenters. The van der Waals surface area contributed by atoms with Crippen LogP contribution in [0.1, 0.15) is 10.9 Å². The number of amides is 1. The van der Waals surface area contributed by atoms with Crippen LogP contribution in [-0.2, 0) is 4.79 Å². The van der Waals surface area contributed by atoms with Gasteiger partial charge in [0, 0.05) is 10.6 Å². The number of nitrogens with zero attached hydrogens (tertiary/aromatic N) is 1. The number of benzene rings is 1. The maximum atomic E-state index is 11.9. The number of nitrogens with two attached hydrogens (primary N) is 1. The van der Waals surface area contributed by atoms with E-state index >= 15 is 0 Å². The third kappa shape index (κ3) is 1.79. The summed E-state index contributed by atoms with van der Waals surface area (Å²) in [6.45, 7) is 0. The second kappa shape index (κ2) is 4.50. The van der Waals surface area contributed by atoms with Crippen LogP contribution in [0.2, 0.25) is 0 Å². The number of para-hydroxylation sites is 1. The molecule has 5 heteroatoms. The largest absolute Gasteiger partial charge is 0.318 e. The van der Waals surface area contributed by atoms with Crippen molar-refractivity contribution in [3.05, 3.63) is 51.1 Å². The van der Waals surface area contributed by atoms with Crippen LogP contribution in [-0.4, -0.2) is 11.9 Å². The first-order chi connectivity index (χ1) is 8.68. The van der Waals surface area contributed by atoms with Crippen LogP contribution in [0.5, 0.6) is 0 Å². The van der Waals surface area contributed by atoms with Gasteiger partial charge in [-0.15, -0.1) is 11.3 Å². The topological polar surface area (TPSA) is 46.3 Å². The van der Waals surface area contributed by atoms with E-state index in [1.54, 1.807) is 16.2 Å². The number of rotatable bonds is 2. The van der Waals surface area contributed by atoms with Gasteiger partial charge in [-0.05, 0) is 40.2 Å². The van der Waals surface area contributed by atoms with Gasteiger partial charge in [0.05, 0.1) is 9.83 Å². The lowest BCUT2D eigenvalue weighted by molar-refractivity contribution is -0.126. The quantitative estimate of drug-likeness (QED) is 0.864. The van der Waals surface area contributed by atoms with E-state index in [0.717, 1.165) is 14.4 Å². The maximum Gasteiger partial charge on any atom is 0.247 e. The fourth-order valence-electron chi connectivity index (χ4n) is 2.18. The summed E-state index contributed by atoms with van der Waals surface area (Å²) < 4.78 is 1.05. The summed E-state index contributed by atoms with van der Waals surface area (Å²) in [7, 11) is 0. The molecule has 2 heterocycles. The molecule has 18 heavy (non-hydrogen) atoms. The fourth-order valence-corrected chi connectivity index (χ4v) is 3.74. The van der Waals surface area contributed by atoms with Crippen molar-refractivity contribution >= 4 is 38.9 Å². The predicted molar refractivity (Wildman–Crippen MR) is 76.7 cm³/mol. The van der Waals surface area contributed by atoms with Crippen molar-refractivity contribution in [1.29, 1.82) is 0 Å². The number of hydrogen-bond acceptors (Lipinski definition) is 3. The highest BCUT2D eigenvalue weighted by molar-refractivity contribution is 9.11. The van der Waals surface area contributed by atoms with Gasteiger partial charge in [-0.2, -0.15) is 0 Å². The van der Waals surface area contributed by atoms with Gasteiger partial charge >= 0.3 is 0 Å². The van der Waals surface area contributed by atoms with Gasteiger partial charge in [-0.25, -0.2) is 0 Å². The molecular formula is C13H11BrN2OS. The van der Waals surface area contributed by atoms with Gasteiger partial charge in [-0.3, -0.25) is 4.79 Å². The summed E-state index contributed by atoms with van der Waals surface area (Å²) in [4.78, 5) is 14.8. The van der Waals surface area contributed by atoms with Crippen LogP contribution in [0.3, 0.4) is 0 Å². The Kier molecular flexibility index (Phi) is 2.97. The van der Waals surface area contributed by atoms with Crippen LogP contribution in [0, 0.1) is 0 Å². The highest BCUT2D eigenvalue weighted by Crippen LogP contribution is 2.41. The summed E-state index contributed by atoms with van der Waals surface area (Å²) >= 11 is 5.06. The van der Waals surface area contributed by atoms with Crippen LogP contribution in [0.15, 0.2) is 46.3 Å². The first-order valence-electron chi connectivity index (χ1n) is 5.57. The van der Waals surface area contributed by atoms with Gasteiger partial charge in [0.1, 0.15) is 6.04 Å². The number of carbonyl (C=O) groups excluding carboxylic acids is 1. The number of anilines is 1. The molecule has 0 bridgehead atoms. The molecule has 1 aliphatic rings. The summed E-state index contributed by atoms with van der Waals surface area (Å²) in [5.41, 5.74) is 6.84. The Balaban J connectivity index is 1.96. The molecule has 1 saturated heterocycles. The van der Waals surface area contributed by atoms with E-state index in [1.165, 1.54) is 0 Å². The van der Waals surface area contributed by atoms with Gasteiger partial charge < -0.3 is 10.6 Å². The Morgan fingerprint density at radius 3 is 2.50 bits per heavy atom. The van der Waals surface area contributed by atoms with Gasteiger partial charge in [0.15, 0.2) is 0 Å². The number of thiophene rings is 1. The minimum atomic E-state index is -0.434. The van der Waals surface area contributed by atoms with E-state index in [9.17, 15) is 4.79 Å². The minimum Gasteiger partial charge on any atom is -0.318 e. The normalized spacial score (nSPS) is 23.0. The van der Waals surface area contributed by atoms with E-state index in [-0.39, 0.29) is 11.9 Å². The van der Waals surface area contributed by atoms with Crippen molar-refractivity contribution in [2.75, 3.05) is 4.90 Å². The summed E-state index contributed by atoms with van der Waals surface area (Å²) in [6, 6.07) is 13.2. The van der Waals surface area contributed by atoms with E-state index in [0.29, 0.717) is 0 Å². The smallest absolute Gasteiger partial charge is 0.247 e. The zero-order valence-electron chi connectivity index (χ0n) is 9.42. The van der Waals surface area contributed by atoms with Crippen molar-refractivity contribution in [1.82, 2.24) is 0 Å². The second-order valence-electron chi connectivity index (χ2n) is 4.16. The van der Waals surface area contributed by atoms with Crippen molar-refractivity contribution < 1.29 is 4.79 Å². The number of hydrogen-bond donors (Lipinski definition) is 1. The lowest BCUT2D eigenvalue weighted by Crippen LogP contribution is -2.63. The molecule has 0 saturated carbocycles. The summed E-state index contributed by atoms with van der Waals surface area (Å²) in [6.07, 6.45) is 0. The Morgan fingerprint density at radius 2 is 1.89 bits per heavy atom. The van der Waals surface area contributed by atoms with Crippen LogP contribution < -0.4 is 10.6 Å². The zero-order valence-corrected chi connectivity index (χ0v) is 11.8. The molecule has 2 N–H and O–H groups in total. The molecule has 2 atom stereocenters. The van der Waals surface area contributed by atoms with Crippen LogP contribution in [0.25, 0.3) is 0 Å². The van der Waals surface area contributed by atoms with Crippen molar-refractivity contribution in [2.45, 2.75) is 12.1 Å². The average molecular weight is 323 g/mol. The molecule has 2 aromatic rings. The van der Waals surface area contributed by atoms with E-state index in [2.05, 4.69) is 15.9 Å². The van der Waals surface area contributed by atoms with Gasteiger partial charge in [0.25, 0.3) is 0 Å². The maximum absolute atomic E-state index is 11.9. The Bertz CT molecular complexity index is 584. The molecule has 1 fully saturated rings. The average Bonchev–Trinajstić information content (AvgIpc) is 2.81. The highest BCUT2D eigenvalue weighted by Gasteiger charge is 2.47. The number of halogens is 1. The van der Waals surface area contributed by atoms with Crippen LogP contribution in [0.4, 0.5) is 5.69 Å². The lowest BCUT2D eigenvalue weighted by atomic mass is 9.93. The molecule has 1 aromatic carbocycles. The molecule has 3 nitrogen and oxygen atoms in total. The standard InChI is InChI=1S/C13H11BrN2OS/c14-10-7-6-9(18-10)12-11(15)13(17)16(12)8-4-2-1-3-5-8/h1-7,11-12H,15H2/t11-,12-/m1/s1. The first-order valence-corrected chi connectivity index (χ1v) is 7.18. The molecule has 3 rings (SSSR count). The lowest BCUT2D eigenvalue weighted by Gasteiger charge is -2.44. The molecule has 1 aromatic heterocycles. The summed E-state index contributed by atoms with van der Waals surface area (Å²) in [5.74, 6) is -0.0178. The fraction of sp³-hybridized carbons (Fsp3) is 0.154. The molecule has 1 amide bonds. The molecule has 92 valence electrons. The van der Waals surface area contributed by atoms with Crippen molar-refractivity contribution in [3.63, 3.8) is 0 Å². The molecule has 0 spiro atoms. The van der Waals surface area contributed by atoms with Crippen LogP contribution >= 0.6 is 27.3 Å². The van der Waals surface area contributed by atoms with E-state index < -0.39 is 6.04 Å². The number of β-lactam (4-membered cyclic amide) rings is 1. The van der Waals surface area contributed by atoms with E-state index in [1.807, 2.05) is 42.5 Å². The zero-order chi connectivity index (χ0) is 12.7. The van der Waals surface area contributed by atoms with Gasteiger partial charge in [-0.1, -0.05) is 18.2 Å². The molecule has 0 radical (unpaired) electrons. The Hall–Kier alpha value is -1.17. The SMILES string of the molecule is N[C@H]1C(=O)N(c2ccccc2)[C@@H]1c1ccc(Br)s1. The monoisotopic (exact) mass is 322 g/mol. The molecular weight excluding hydrogens is 312 g/mol. The molecule has 0 aliphatic carbocycles. The highest BCUT2D eigenvalue weighted by atomic mass is 79.9. The summed E-state index contributed by atoms with van der Waals surface area (Å²) in [5, 5.41) is 0.